The number of benzene rings is 1. The van der Waals surface area contributed by atoms with Crippen LogP contribution in [0, 0.1) is 5.82 Å². The van der Waals surface area contributed by atoms with Crippen molar-refractivity contribution in [3.8, 4) is 0 Å². The first-order chi connectivity index (χ1) is 8.06. The Hall–Kier alpha value is -1.95. The van der Waals surface area contributed by atoms with Gasteiger partial charge in [-0.15, -0.1) is 0 Å². The first-order valence-electron chi connectivity index (χ1n) is 5.07. The van der Waals surface area contributed by atoms with Crippen molar-refractivity contribution in [2.24, 2.45) is 5.73 Å². The number of rotatable bonds is 3. The predicted molar refractivity (Wildman–Crippen MR) is 61.9 cm³/mol. The topological polar surface area (TPSA) is 75.4 Å². The Morgan fingerprint density at radius 3 is 2.76 bits per heavy atom. The summed E-state index contributed by atoms with van der Waals surface area (Å²) >= 11 is 0. The van der Waals surface area contributed by atoms with Crippen molar-refractivity contribution < 1.29 is 14.0 Å². The number of nitrogens with two attached hydrogens (primary N) is 1. The number of anilines is 1. The fourth-order valence-corrected chi connectivity index (χ4v) is 1.22. The van der Waals surface area contributed by atoms with Gasteiger partial charge in [-0.3, -0.25) is 9.59 Å². The Bertz CT molecular complexity index is 423. The van der Waals surface area contributed by atoms with Gasteiger partial charge in [0.25, 0.3) is 0 Å². The van der Waals surface area contributed by atoms with Crippen molar-refractivity contribution in [2.45, 2.75) is 0 Å². The lowest BCUT2D eigenvalue weighted by Crippen LogP contribution is -2.42. The van der Waals surface area contributed by atoms with Crippen LogP contribution in [0.5, 0.6) is 0 Å². The third kappa shape index (κ3) is 3.53. The largest absolute Gasteiger partial charge is 0.347 e. The molecule has 3 N–H and O–H groups in total. The number of hydrogen-bond acceptors (Lipinski definition) is 3. The van der Waals surface area contributed by atoms with Gasteiger partial charge in [0.05, 0.1) is 0 Å². The summed E-state index contributed by atoms with van der Waals surface area (Å²) in [6.45, 7) is 0.476. The molecular formula is C11H14FN3O2. The standard InChI is InChI=1S/C11H14FN3O2/c1-15(9-4-2-3-8(12)7-9)11(17)10(16)14-6-5-13/h2-4,7H,5-6,13H2,1H3,(H,14,16). The summed E-state index contributed by atoms with van der Waals surface area (Å²) in [6, 6.07) is 5.44. The first-order valence-corrected chi connectivity index (χ1v) is 5.07. The van der Waals surface area contributed by atoms with Gasteiger partial charge >= 0.3 is 11.8 Å². The number of nitrogens with zero attached hydrogens (tertiary/aromatic N) is 1. The minimum Gasteiger partial charge on any atom is -0.347 e. The van der Waals surface area contributed by atoms with Crippen LogP contribution in [0.25, 0.3) is 0 Å². The molecule has 1 aromatic rings. The Kier molecular flexibility index (Phi) is 4.59. The Labute approximate surface area is 98.4 Å². The van der Waals surface area contributed by atoms with Gasteiger partial charge in [-0.25, -0.2) is 4.39 Å². The van der Waals surface area contributed by atoms with Crippen LogP contribution in [-0.4, -0.2) is 32.0 Å². The molecule has 6 heteroatoms. The molecule has 2 amide bonds. The van der Waals surface area contributed by atoms with E-state index in [2.05, 4.69) is 5.32 Å². The van der Waals surface area contributed by atoms with Crippen LogP contribution in [0.1, 0.15) is 0 Å². The van der Waals surface area contributed by atoms with Crippen molar-refractivity contribution in [2.75, 3.05) is 25.0 Å². The van der Waals surface area contributed by atoms with E-state index in [9.17, 15) is 14.0 Å². The number of halogens is 1. The van der Waals surface area contributed by atoms with E-state index in [1.807, 2.05) is 0 Å². The molecule has 5 nitrogen and oxygen atoms in total. The molecule has 0 aromatic heterocycles. The van der Waals surface area contributed by atoms with Gasteiger partial charge in [0.1, 0.15) is 5.82 Å². The average molecular weight is 239 g/mol. The fourth-order valence-electron chi connectivity index (χ4n) is 1.22. The zero-order valence-corrected chi connectivity index (χ0v) is 9.44. The molecule has 92 valence electrons. The van der Waals surface area contributed by atoms with Gasteiger partial charge < -0.3 is 16.0 Å². The highest BCUT2D eigenvalue weighted by Gasteiger charge is 2.19. The van der Waals surface area contributed by atoms with E-state index in [-0.39, 0.29) is 13.1 Å². The molecule has 0 spiro atoms. The number of hydrogen-bond donors (Lipinski definition) is 2. The summed E-state index contributed by atoms with van der Waals surface area (Å²) in [4.78, 5) is 24.0. The van der Waals surface area contributed by atoms with Crippen LogP contribution in [-0.2, 0) is 9.59 Å². The molecule has 17 heavy (non-hydrogen) atoms. The molecule has 0 unspecified atom stereocenters. The van der Waals surface area contributed by atoms with Crippen molar-refractivity contribution in [1.82, 2.24) is 5.32 Å². The lowest BCUT2D eigenvalue weighted by Gasteiger charge is -2.16. The molecule has 0 aliphatic heterocycles. The van der Waals surface area contributed by atoms with E-state index in [0.717, 1.165) is 4.90 Å². The normalized spacial score (nSPS) is 9.82. The van der Waals surface area contributed by atoms with Crippen LogP contribution in [0.2, 0.25) is 0 Å². The summed E-state index contributed by atoms with van der Waals surface area (Å²) in [5, 5.41) is 2.35. The molecule has 0 fully saturated rings. The van der Waals surface area contributed by atoms with E-state index in [0.29, 0.717) is 5.69 Å². The van der Waals surface area contributed by atoms with E-state index in [4.69, 9.17) is 5.73 Å². The minimum atomic E-state index is -0.762. The van der Waals surface area contributed by atoms with Gasteiger partial charge in [0.15, 0.2) is 0 Å². The Balaban J connectivity index is 2.72. The molecule has 1 aromatic carbocycles. The summed E-state index contributed by atoms with van der Waals surface area (Å²) in [5.74, 6) is -1.99. The average Bonchev–Trinajstić information content (AvgIpc) is 2.34. The van der Waals surface area contributed by atoms with Crippen molar-refractivity contribution >= 4 is 17.5 Å². The quantitative estimate of drug-likeness (QED) is 0.721. The zero-order valence-electron chi connectivity index (χ0n) is 9.44. The van der Waals surface area contributed by atoms with Crippen LogP contribution >= 0.6 is 0 Å². The summed E-state index contributed by atoms with van der Waals surface area (Å²) in [6.07, 6.45) is 0. The highest BCUT2D eigenvalue weighted by molar-refractivity contribution is 6.40. The molecule has 0 saturated heterocycles. The second-order valence-electron chi connectivity index (χ2n) is 3.39. The first kappa shape index (κ1) is 13.1. The number of amides is 2. The van der Waals surface area contributed by atoms with Crippen molar-refractivity contribution in [1.29, 1.82) is 0 Å². The van der Waals surface area contributed by atoms with E-state index in [1.54, 1.807) is 0 Å². The van der Waals surface area contributed by atoms with Gasteiger partial charge in [0, 0.05) is 25.8 Å². The third-order valence-electron chi connectivity index (χ3n) is 2.12. The number of likely N-dealkylation sites (N-methyl/N-ethyl adjacent to an activating group) is 1. The smallest absolute Gasteiger partial charge is 0.316 e. The molecule has 0 bridgehead atoms. The molecule has 0 aliphatic carbocycles. The maximum atomic E-state index is 12.9. The van der Waals surface area contributed by atoms with Crippen LogP contribution in [0.15, 0.2) is 24.3 Å². The van der Waals surface area contributed by atoms with E-state index < -0.39 is 17.6 Å². The lowest BCUT2D eigenvalue weighted by atomic mass is 10.3. The molecule has 0 saturated carbocycles. The van der Waals surface area contributed by atoms with Crippen LogP contribution in [0.4, 0.5) is 10.1 Å². The summed E-state index contributed by atoms with van der Waals surface area (Å²) in [5.41, 5.74) is 5.51. The molecule has 0 radical (unpaired) electrons. The van der Waals surface area contributed by atoms with Gasteiger partial charge in [0.2, 0.25) is 0 Å². The zero-order chi connectivity index (χ0) is 12.8. The molecule has 1 rings (SSSR count). The second-order valence-corrected chi connectivity index (χ2v) is 3.39. The molecule has 0 heterocycles. The van der Waals surface area contributed by atoms with Crippen molar-refractivity contribution in [3.05, 3.63) is 30.1 Å². The van der Waals surface area contributed by atoms with Crippen molar-refractivity contribution in [3.63, 3.8) is 0 Å². The fraction of sp³-hybridized carbons (Fsp3) is 0.273. The highest BCUT2D eigenvalue weighted by Crippen LogP contribution is 2.13. The number of carbonyl (C=O) groups excluding carboxylic acids is 2. The van der Waals surface area contributed by atoms with Crippen LogP contribution < -0.4 is 16.0 Å². The van der Waals surface area contributed by atoms with Gasteiger partial charge in [-0.1, -0.05) is 6.07 Å². The lowest BCUT2D eigenvalue weighted by molar-refractivity contribution is -0.137. The van der Waals surface area contributed by atoms with Gasteiger partial charge in [-0.05, 0) is 18.2 Å². The number of nitrogens with one attached hydrogen (secondary N) is 1. The molecule has 0 aliphatic rings. The summed E-state index contributed by atoms with van der Waals surface area (Å²) < 4.78 is 12.9. The second kappa shape index (κ2) is 5.95. The monoisotopic (exact) mass is 239 g/mol. The Morgan fingerprint density at radius 1 is 1.47 bits per heavy atom. The predicted octanol–water partition coefficient (Wildman–Crippen LogP) is -0.137. The minimum absolute atomic E-state index is 0.224. The van der Waals surface area contributed by atoms with Crippen LogP contribution in [0.3, 0.4) is 0 Å². The van der Waals surface area contributed by atoms with E-state index in [1.165, 1.54) is 31.3 Å². The number of carbonyl (C=O) groups is 2. The molecular weight excluding hydrogens is 225 g/mol. The highest BCUT2D eigenvalue weighted by atomic mass is 19.1. The maximum Gasteiger partial charge on any atom is 0.316 e. The third-order valence-corrected chi connectivity index (χ3v) is 2.12. The maximum absolute atomic E-state index is 12.9. The summed E-state index contributed by atoms with van der Waals surface area (Å²) in [7, 11) is 1.40. The Morgan fingerprint density at radius 2 is 2.18 bits per heavy atom. The molecule has 0 atom stereocenters. The SMILES string of the molecule is CN(C(=O)C(=O)NCCN)c1cccc(F)c1. The van der Waals surface area contributed by atoms with Gasteiger partial charge in [-0.2, -0.15) is 0 Å². The van der Waals surface area contributed by atoms with E-state index >= 15 is 0 Å².